The summed E-state index contributed by atoms with van der Waals surface area (Å²) in [7, 11) is 1.96. The zero-order valence-electron chi connectivity index (χ0n) is 17.8. The molecule has 5 nitrogen and oxygen atoms in total. The van der Waals surface area contributed by atoms with Crippen LogP contribution in [0, 0.1) is 5.92 Å². The molecule has 1 aliphatic rings. The maximum atomic E-state index is 12.5. The summed E-state index contributed by atoms with van der Waals surface area (Å²) in [6.45, 7) is 2.39. The van der Waals surface area contributed by atoms with Crippen LogP contribution < -0.4 is 9.88 Å². The number of carbonyl (C=O) groups is 2. The van der Waals surface area contributed by atoms with Crippen molar-refractivity contribution < 1.29 is 14.2 Å². The van der Waals surface area contributed by atoms with Crippen molar-refractivity contribution in [3.8, 4) is 0 Å². The standard InChI is InChI=1S/C25H31N3O2/c1-27-17-7-9-22(20-27)12-13-24(29)26-16-6-5-8-21-14-18-28(19-15-21)25(30)23-10-3-2-4-11-23/h2-4,7,9-13,17,20-21H,5-6,8,14-16,18-19H2,1H3/p+1/b13-12+. The van der Waals surface area contributed by atoms with Gasteiger partial charge in [0.05, 0.1) is 0 Å². The number of likely N-dealkylation sites (tertiary alicyclic amines) is 1. The highest BCUT2D eigenvalue weighted by Crippen LogP contribution is 2.23. The van der Waals surface area contributed by atoms with Gasteiger partial charge >= 0.3 is 0 Å². The summed E-state index contributed by atoms with van der Waals surface area (Å²) in [5.41, 5.74) is 1.79. The highest BCUT2D eigenvalue weighted by atomic mass is 16.2. The van der Waals surface area contributed by atoms with Crippen LogP contribution >= 0.6 is 0 Å². The van der Waals surface area contributed by atoms with Gasteiger partial charge in [-0.2, -0.15) is 0 Å². The Hall–Kier alpha value is -2.95. The summed E-state index contributed by atoms with van der Waals surface area (Å²) in [4.78, 5) is 26.4. The van der Waals surface area contributed by atoms with Crippen molar-refractivity contribution in [3.05, 3.63) is 72.1 Å². The van der Waals surface area contributed by atoms with E-state index in [2.05, 4.69) is 5.32 Å². The van der Waals surface area contributed by atoms with Crippen molar-refractivity contribution in [3.63, 3.8) is 0 Å². The Morgan fingerprint density at radius 1 is 1.10 bits per heavy atom. The number of rotatable bonds is 8. The van der Waals surface area contributed by atoms with Crippen LogP contribution in [0.5, 0.6) is 0 Å². The number of benzene rings is 1. The third-order valence-electron chi connectivity index (χ3n) is 5.65. The van der Waals surface area contributed by atoms with Gasteiger partial charge in [0.1, 0.15) is 7.05 Å². The largest absolute Gasteiger partial charge is 0.353 e. The third-order valence-corrected chi connectivity index (χ3v) is 5.65. The van der Waals surface area contributed by atoms with Gasteiger partial charge in [-0.1, -0.05) is 31.0 Å². The van der Waals surface area contributed by atoms with Crippen LogP contribution in [0.2, 0.25) is 0 Å². The van der Waals surface area contributed by atoms with E-state index in [9.17, 15) is 9.59 Å². The van der Waals surface area contributed by atoms with Crippen LogP contribution in [0.15, 0.2) is 60.9 Å². The Morgan fingerprint density at radius 2 is 1.87 bits per heavy atom. The second kappa shape index (κ2) is 11.3. The lowest BCUT2D eigenvalue weighted by molar-refractivity contribution is -0.671. The molecule has 0 radical (unpaired) electrons. The monoisotopic (exact) mass is 406 g/mol. The second-order valence-electron chi connectivity index (χ2n) is 8.02. The quantitative estimate of drug-likeness (QED) is 0.415. The fourth-order valence-electron chi connectivity index (χ4n) is 3.90. The predicted molar refractivity (Wildman–Crippen MR) is 119 cm³/mol. The fraction of sp³-hybridized carbons (Fsp3) is 0.400. The number of aryl methyl sites for hydroxylation is 1. The molecule has 0 atom stereocenters. The van der Waals surface area contributed by atoms with Gasteiger partial charge < -0.3 is 10.2 Å². The molecule has 1 fully saturated rings. The van der Waals surface area contributed by atoms with Crippen molar-refractivity contribution in [2.75, 3.05) is 19.6 Å². The maximum absolute atomic E-state index is 12.5. The summed E-state index contributed by atoms with van der Waals surface area (Å²) in [5.74, 6) is 0.780. The van der Waals surface area contributed by atoms with E-state index < -0.39 is 0 Å². The zero-order valence-corrected chi connectivity index (χ0v) is 17.8. The van der Waals surface area contributed by atoms with Crippen LogP contribution in [0.25, 0.3) is 6.08 Å². The number of hydrogen-bond acceptors (Lipinski definition) is 2. The molecule has 5 heteroatoms. The van der Waals surface area contributed by atoms with Crippen LogP contribution in [0.3, 0.4) is 0 Å². The molecule has 2 amide bonds. The topological polar surface area (TPSA) is 53.3 Å². The van der Waals surface area contributed by atoms with Crippen molar-refractivity contribution in [1.82, 2.24) is 10.2 Å². The Morgan fingerprint density at radius 3 is 2.60 bits per heavy atom. The number of amides is 2. The minimum atomic E-state index is -0.0470. The molecule has 1 saturated heterocycles. The number of nitrogens with zero attached hydrogens (tertiary/aromatic N) is 2. The molecule has 0 bridgehead atoms. The highest BCUT2D eigenvalue weighted by molar-refractivity contribution is 5.94. The molecule has 1 aromatic heterocycles. The van der Waals surface area contributed by atoms with Crippen molar-refractivity contribution >= 4 is 17.9 Å². The number of carbonyl (C=O) groups excluding carboxylic acids is 2. The minimum absolute atomic E-state index is 0.0470. The molecular formula is C25H32N3O2+. The van der Waals surface area contributed by atoms with Gasteiger partial charge in [-0.3, -0.25) is 9.59 Å². The average Bonchev–Trinajstić information content (AvgIpc) is 2.78. The number of aromatic nitrogens is 1. The van der Waals surface area contributed by atoms with E-state index in [4.69, 9.17) is 0 Å². The van der Waals surface area contributed by atoms with E-state index in [1.54, 1.807) is 6.08 Å². The average molecular weight is 407 g/mol. The predicted octanol–water partition coefficient (Wildman–Crippen LogP) is 3.36. The molecule has 2 aromatic rings. The van der Waals surface area contributed by atoms with E-state index in [1.165, 1.54) is 6.42 Å². The second-order valence-corrected chi connectivity index (χ2v) is 8.02. The van der Waals surface area contributed by atoms with Crippen LogP contribution in [0.1, 0.15) is 48.0 Å². The van der Waals surface area contributed by atoms with Gasteiger partial charge in [-0.25, -0.2) is 4.57 Å². The normalized spacial score (nSPS) is 14.8. The van der Waals surface area contributed by atoms with Gasteiger partial charge in [-0.15, -0.1) is 0 Å². The molecule has 1 N–H and O–H groups in total. The molecule has 0 spiro atoms. The summed E-state index contributed by atoms with van der Waals surface area (Å²) in [6.07, 6.45) is 12.8. The van der Waals surface area contributed by atoms with E-state index >= 15 is 0 Å². The lowest BCUT2D eigenvalue weighted by atomic mass is 9.91. The van der Waals surface area contributed by atoms with Gasteiger partial charge in [0.2, 0.25) is 5.91 Å². The Labute approximate surface area is 179 Å². The molecule has 30 heavy (non-hydrogen) atoms. The number of piperidine rings is 1. The summed E-state index contributed by atoms with van der Waals surface area (Å²) >= 11 is 0. The maximum Gasteiger partial charge on any atom is 0.253 e. The molecule has 1 aromatic carbocycles. The van der Waals surface area contributed by atoms with E-state index in [0.29, 0.717) is 12.5 Å². The molecule has 2 heterocycles. The highest BCUT2D eigenvalue weighted by Gasteiger charge is 2.23. The Balaban J connectivity index is 1.28. The first-order valence-electron chi connectivity index (χ1n) is 10.9. The molecule has 0 saturated carbocycles. The lowest BCUT2D eigenvalue weighted by Crippen LogP contribution is -2.38. The minimum Gasteiger partial charge on any atom is -0.353 e. The Bertz CT molecular complexity index is 856. The van der Waals surface area contributed by atoms with Gasteiger partial charge in [0.25, 0.3) is 5.91 Å². The number of pyridine rings is 1. The SMILES string of the molecule is C[n+]1cccc(/C=C/C(=O)NCCCCC2CCN(C(=O)c3ccccc3)CC2)c1. The molecule has 3 rings (SSSR count). The number of hydrogen-bond donors (Lipinski definition) is 1. The summed E-state index contributed by atoms with van der Waals surface area (Å²) < 4.78 is 1.96. The van der Waals surface area contributed by atoms with Crippen molar-refractivity contribution in [2.24, 2.45) is 13.0 Å². The number of unbranched alkanes of at least 4 members (excludes halogenated alkanes) is 1. The first-order chi connectivity index (χ1) is 14.6. The van der Waals surface area contributed by atoms with Gasteiger partial charge in [0, 0.05) is 42.9 Å². The van der Waals surface area contributed by atoms with Gasteiger partial charge in [0.15, 0.2) is 12.4 Å². The van der Waals surface area contributed by atoms with Crippen LogP contribution in [-0.2, 0) is 11.8 Å². The zero-order chi connectivity index (χ0) is 21.2. The fourth-order valence-corrected chi connectivity index (χ4v) is 3.90. The van der Waals surface area contributed by atoms with E-state index in [-0.39, 0.29) is 11.8 Å². The summed E-state index contributed by atoms with van der Waals surface area (Å²) in [6, 6.07) is 13.5. The lowest BCUT2D eigenvalue weighted by Gasteiger charge is -2.32. The first kappa shape index (κ1) is 21.8. The summed E-state index contributed by atoms with van der Waals surface area (Å²) in [5, 5.41) is 2.96. The molecular weight excluding hydrogens is 374 g/mol. The molecule has 158 valence electrons. The molecule has 0 aliphatic carbocycles. The van der Waals surface area contributed by atoms with E-state index in [1.807, 2.05) is 77.4 Å². The first-order valence-corrected chi connectivity index (χ1v) is 10.9. The van der Waals surface area contributed by atoms with Crippen LogP contribution in [-0.4, -0.2) is 36.3 Å². The third kappa shape index (κ3) is 6.83. The smallest absolute Gasteiger partial charge is 0.253 e. The number of nitrogens with one attached hydrogen (secondary N) is 1. The van der Waals surface area contributed by atoms with Crippen molar-refractivity contribution in [1.29, 1.82) is 0 Å². The van der Waals surface area contributed by atoms with Crippen LogP contribution in [0.4, 0.5) is 0 Å². The van der Waals surface area contributed by atoms with E-state index in [0.717, 1.165) is 49.9 Å². The Kier molecular flexibility index (Phi) is 8.19. The van der Waals surface area contributed by atoms with Gasteiger partial charge in [-0.05, 0) is 49.5 Å². The van der Waals surface area contributed by atoms with Crippen molar-refractivity contribution in [2.45, 2.75) is 32.1 Å². The molecule has 1 aliphatic heterocycles. The molecule has 0 unspecified atom stereocenters.